The van der Waals surface area contributed by atoms with Crippen molar-refractivity contribution in [3.63, 3.8) is 0 Å². The van der Waals surface area contributed by atoms with Crippen molar-refractivity contribution in [1.29, 1.82) is 0 Å². The number of carbonyl (C=O) groups is 2. The number of oxazole rings is 1. The third-order valence-electron chi connectivity index (χ3n) is 4.67. The van der Waals surface area contributed by atoms with Gasteiger partial charge >= 0.3 is 12.1 Å². The van der Waals surface area contributed by atoms with Gasteiger partial charge in [0.1, 0.15) is 17.9 Å². The first-order valence-corrected chi connectivity index (χ1v) is 9.91. The van der Waals surface area contributed by atoms with Gasteiger partial charge in [0.05, 0.1) is 6.61 Å². The number of amides is 1. The summed E-state index contributed by atoms with van der Waals surface area (Å²) in [6.07, 6.45) is 1.07. The fourth-order valence-corrected chi connectivity index (χ4v) is 3.14. The van der Waals surface area contributed by atoms with Crippen molar-refractivity contribution in [2.24, 2.45) is 0 Å². The zero-order valence-corrected chi connectivity index (χ0v) is 17.0. The number of carbonyl (C=O) groups excluding carboxylic acids is 1. The smallest absolute Gasteiger partial charge is 0.412 e. The Morgan fingerprint density at radius 1 is 0.969 bits per heavy atom. The van der Waals surface area contributed by atoms with Gasteiger partial charge in [0.15, 0.2) is 18.0 Å². The Morgan fingerprint density at radius 3 is 2.47 bits per heavy atom. The summed E-state index contributed by atoms with van der Waals surface area (Å²) in [7, 11) is 0. The van der Waals surface area contributed by atoms with Crippen molar-refractivity contribution in [3.8, 4) is 22.6 Å². The van der Waals surface area contributed by atoms with Crippen LogP contribution in [0.25, 0.3) is 22.6 Å². The van der Waals surface area contributed by atoms with Gasteiger partial charge in [-0.05, 0) is 17.7 Å². The van der Waals surface area contributed by atoms with Crippen LogP contribution in [0.5, 0.6) is 0 Å². The number of carboxylic acids is 1. The highest BCUT2D eigenvalue weighted by Gasteiger charge is 2.15. The van der Waals surface area contributed by atoms with Crippen molar-refractivity contribution in [1.82, 2.24) is 4.98 Å². The summed E-state index contributed by atoms with van der Waals surface area (Å²) >= 11 is 0. The summed E-state index contributed by atoms with van der Waals surface area (Å²) in [5, 5.41) is 11.5. The highest BCUT2D eigenvalue weighted by molar-refractivity contribution is 5.88. The lowest BCUT2D eigenvalue weighted by Crippen LogP contribution is -2.16. The molecular formula is C24H20N2O6. The molecule has 8 nitrogen and oxygen atoms in total. The maximum absolute atomic E-state index is 12.1. The van der Waals surface area contributed by atoms with Crippen LogP contribution in [0, 0.1) is 0 Å². The molecule has 0 aliphatic rings. The fraction of sp³-hybridized carbons (Fsp3) is 0.125. The number of nitrogens with zero attached hydrogens (tertiary/aromatic N) is 1. The van der Waals surface area contributed by atoms with Gasteiger partial charge < -0.3 is 18.7 Å². The zero-order valence-electron chi connectivity index (χ0n) is 17.0. The number of ether oxygens (including phenoxy) is 1. The van der Waals surface area contributed by atoms with Crippen LogP contribution < -0.4 is 5.32 Å². The fourth-order valence-electron chi connectivity index (χ4n) is 3.14. The van der Waals surface area contributed by atoms with E-state index in [9.17, 15) is 9.59 Å². The predicted molar refractivity (Wildman–Crippen MR) is 116 cm³/mol. The van der Waals surface area contributed by atoms with Crippen LogP contribution in [0.4, 0.5) is 10.6 Å². The molecular weight excluding hydrogens is 412 g/mol. The molecule has 2 aromatic heterocycles. The predicted octanol–water partition coefficient (Wildman–Crippen LogP) is 5.02. The number of nitrogens with one attached hydrogen (secondary N) is 1. The second-order valence-corrected chi connectivity index (χ2v) is 6.94. The Morgan fingerprint density at radius 2 is 1.72 bits per heavy atom. The maximum atomic E-state index is 12.1. The van der Waals surface area contributed by atoms with Gasteiger partial charge in [-0.15, -0.1) is 0 Å². The molecule has 162 valence electrons. The summed E-state index contributed by atoms with van der Waals surface area (Å²) in [6, 6.07) is 20.3. The van der Waals surface area contributed by atoms with E-state index in [1.165, 1.54) is 6.39 Å². The molecule has 4 aromatic rings. The lowest BCUT2D eigenvalue weighted by atomic mass is 10.1. The Balaban J connectivity index is 1.38. The topological polar surface area (TPSA) is 115 Å². The lowest BCUT2D eigenvalue weighted by molar-refractivity contribution is -0.136. The quantitative estimate of drug-likeness (QED) is 0.402. The second-order valence-electron chi connectivity index (χ2n) is 6.94. The van der Waals surface area contributed by atoms with Gasteiger partial charge in [0.25, 0.3) is 0 Å². The van der Waals surface area contributed by atoms with E-state index in [-0.39, 0.29) is 18.8 Å². The van der Waals surface area contributed by atoms with Gasteiger partial charge in [-0.25, -0.2) is 4.79 Å². The average molecular weight is 432 g/mol. The van der Waals surface area contributed by atoms with Crippen LogP contribution in [0.15, 0.2) is 82.0 Å². The Hall–Kier alpha value is -4.33. The first-order chi connectivity index (χ1) is 15.6. The SMILES string of the molecule is O=C(O)Cc1ccc(-c2ccc(-c3ocnc3NC(=O)OCCc3ccccc3)cc2)o1. The van der Waals surface area contributed by atoms with Crippen molar-refractivity contribution >= 4 is 17.9 Å². The zero-order chi connectivity index (χ0) is 22.3. The molecule has 0 aliphatic heterocycles. The number of hydrogen-bond donors (Lipinski definition) is 2. The van der Waals surface area contributed by atoms with Gasteiger partial charge in [-0.2, -0.15) is 4.98 Å². The third kappa shape index (κ3) is 5.23. The van der Waals surface area contributed by atoms with E-state index in [4.69, 9.17) is 18.7 Å². The molecule has 0 saturated heterocycles. The molecule has 0 unspecified atom stereocenters. The number of hydrogen-bond acceptors (Lipinski definition) is 6. The third-order valence-corrected chi connectivity index (χ3v) is 4.67. The van der Waals surface area contributed by atoms with E-state index >= 15 is 0 Å². The summed E-state index contributed by atoms with van der Waals surface area (Å²) in [4.78, 5) is 27.0. The van der Waals surface area contributed by atoms with E-state index in [1.54, 1.807) is 24.3 Å². The van der Waals surface area contributed by atoms with Crippen molar-refractivity contribution in [2.45, 2.75) is 12.8 Å². The minimum Gasteiger partial charge on any atom is -0.481 e. The molecule has 8 heteroatoms. The maximum Gasteiger partial charge on any atom is 0.412 e. The van der Waals surface area contributed by atoms with Crippen molar-refractivity contribution in [2.75, 3.05) is 11.9 Å². The second kappa shape index (κ2) is 9.65. The summed E-state index contributed by atoms with van der Waals surface area (Å²) in [5.74, 6) is 0.631. The molecule has 0 saturated carbocycles. The van der Waals surface area contributed by atoms with Gasteiger partial charge in [0.2, 0.25) is 0 Å². The van der Waals surface area contributed by atoms with E-state index in [1.807, 2.05) is 42.5 Å². The molecule has 4 rings (SSSR count). The molecule has 0 aliphatic carbocycles. The van der Waals surface area contributed by atoms with Crippen LogP contribution in [-0.4, -0.2) is 28.8 Å². The monoisotopic (exact) mass is 432 g/mol. The summed E-state index contributed by atoms with van der Waals surface area (Å²) < 4.78 is 16.2. The molecule has 2 N–H and O–H groups in total. The van der Waals surface area contributed by atoms with Crippen molar-refractivity contribution < 1.29 is 28.3 Å². The molecule has 2 aromatic carbocycles. The highest BCUT2D eigenvalue weighted by Crippen LogP contribution is 2.30. The molecule has 0 fully saturated rings. The van der Waals surface area contributed by atoms with Gasteiger partial charge in [0, 0.05) is 17.5 Å². The van der Waals surface area contributed by atoms with E-state index in [2.05, 4.69) is 10.3 Å². The summed E-state index contributed by atoms with van der Waals surface area (Å²) in [6.45, 7) is 0.241. The van der Waals surface area contributed by atoms with Crippen LogP contribution in [-0.2, 0) is 22.4 Å². The molecule has 32 heavy (non-hydrogen) atoms. The van der Waals surface area contributed by atoms with Gasteiger partial charge in [-0.3, -0.25) is 10.1 Å². The molecule has 0 radical (unpaired) electrons. The number of anilines is 1. The van der Waals surface area contributed by atoms with Crippen LogP contribution in [0.1, 0.15) is 11.3 Å². The first kappa shape index (κ1) is 20.9. The number of benzene rings is 2. The minimum absolute atomic E-state index is 0.174. The number of rotatable bonds is 8. The molecule has 0 atom stereocenters. The number of aliphatic carboxylic acids is 1. The van der Waals surface area contributed by atoms with E-state index in [0.717, 1.165) is 11.1 Å². The van der Waals surface area contributed by atoms with E-state index in [0.29, 0.717) is 29.3 Å². The molecule has 2 heterocycles. The van der Waals surface area contributed by atoms with Crippen LogP contribution in [0.3, 0.4) is 0 Å². The number of carboxylic acid groups (broad SMARTS) is 1. The lowest BCUT2D eigenvalue weighted by Gasteiger charge is -2.07. The normalized spacial score (nSPS) is 10.6. The Labute approximate surface area is 183 Å². The number of aromatic nitrogens is 1. The number of furan rings is 1. The average Bonchev–Trinajstić information content (AvgIpc) is 3.44. The van der Waals surface area contributed by atoms with Gasteiger partial charge in [-0.1, -0.05) is 54.6 Å². The highest BCUT2D eigenvalue weighted by atomic mass is 16.5. The minimum atomic E-state index is -0.954. The Kier molecular flexibility index (Phi) is 6.31. The Bertz CT molecular complexity index is 1190. The first-order valence-electron chi connectivity index (χ1n) is 9.91. The molecule has 1 amide bonds. The van der Waals surface area contributed by atoms with Crippen molar-refractivity contribution in [3.05, 3.63) is 84.4 Å². The largest absolute Gasteiger partial charge is 0.481 e. The molecule has 0 bridgehead atoms. The standard InChI is InChI=1S/C24H20N2O6/c27-21(28)14-19-10-11-20(32-19)17-6-8-18(9-7-17)22-23(25-15-31-22)26-24(29)30-13-12-16-4-2-1-3-5-16/h1-11,15H,12-14H2,(H,26,29)(H,27,28). The summed E-state index contributed by atoms with van der Waals surface area (Å²) in [5.41, 5.74) is 2.55. The van der Waals surface area contributed by atoms with Crippen LogP contribution >= 0.6 is 0 Å². The van der Waals surface area contributed by atoms with E-state index < -0.39 is 12.1 Å². The molecule has 0 spiro atoms. The van der Waals surface area contributed by atoms with Crippen LogP contribution in [0.2, 0.25) is 0 Å².